The number of likely N-dealkylation sites (tertiary alicyclic amines) is 1. The molecule has 0 N–H and O–H groups in total. The molecule has 1 aliphatic rings. The summed E-state index contributed by atoms with van der Waals surface area (Å²) in [6.07, 6.45) is 2.49. The van der Waals surface area contributed by atoms with E-state index in [1.807, 2.05) is 6.92 Å². The Hall–Kier alpha value is -0.600. The van der Waals surface area contributed by atoms with Crippen LogP contribution in [0, 0.1) is 16.7 Å². The average Bonchev–Trinajstić information content (AvgIpc) is 2.32. The molecule has 0 atom stereocenters. The van der Waals surface area contributed by atoms with Crippen molar-refractivity contribution in [1.29, 1.82) is 5.26 Å². The fraction of sp³-hybridized carbons (Fsp3) is 0.917. The van der Waals surface area contributed by atoms with E-state index in [-0.39, 0.29) is 16.9 Å². The molecule has 1 heterocycles. The molecule has 0 bridgehead atoms. The molecule has 1 fully saturated rings. The SMILES string of the molecule is CCS(=O)(=O)CCCN1CCC(C)(C#N)CC1. The van der Waals surface area contributed by atoms with Crippen LogP contribution >= 0.6 is 0 Å². The zero-order chi connectivity index (χ0) is 12.9. The van der Waals surface area contributed by atoms with Crippen molar-refractivity contribution >= 4 is 9.84 Å². The average molecular weight is 258 g/mol. The topological polar surface area (TPSA) is 61.2 Å². The van der Waals surface area contributed by atoms with Crippen LogP contribution in [0.15, 0.2) is 0 Å². The first-order valence-corrected chi connectivity index (χ1v) is 8.07. The Kier molecular flexibility index (Phi) is 4.96. The molecule has 0 spiro atoms. The van der Waals surface area contributed by atoms with E-state index in [2.05, 4.69) is 11.0 Å². The zero-order valence-electron chi connectivity index (χ0n) is 10.8. The normalized spacial score (nSPS) is 21.0. The van der Waals surface area contributed by atoms with Crippen molar-refractivity contribution in [3.8, 4) is 6.07 Å². The summed E-state index contributed by atoms with van der Waals surface area (Å²) in [5, 5.41) is 9.00. The number of hydrogen-bond donors (Lipinski definition) is 0. The second-order valence-corrected chi connectivity index (χ2v) is 7.58. The van der Waals surface area contributed by atoms with Gasteiger partial charge in [0.05, 0.1) is 17.2 Å². The zero-order valence-corrected chi connectivity index (χ0v) is 11.6. The van der Waals surface area contributed by atoms with E-state index < -0.39 is 9.84 Å². The van der Waals surface area contributed by atoms with E-state index in [1.165, 1.54) is 0 Å². The molecule has 0 saturated carbocycles. The summed E-state index contributed by atoms with van der Waals surface area (Å²) in [5.74, 6) is 0.523. The van der Waals surface area contributed by atoms with Crippen LogP contribution in [-0.2, 0) is 9.84 Å². The first-order valence-electron chi connectivity index (χ1n) is 6.25. The van der Waals surface area contributed by atoms with Crippen LogP contribution in [0.2, 0.25) is 0 Å². The van der Waals surface area contributed by atoms with Gasteiger partial charge in [-0.05, 0) is 45.8 Å². The summed E-state index contributed by atoms with van der Waals surface area (Å²) in [6.45, 7) is 6.35. The smallest absolute Gasteiger partial charge is 0.150 e. The number of nitrogens with zero attached hydrogens (tertiary/aromatic N) is 2. The van der Waals surface area contributed by atoms with Crippen LogP contribution < -0.4 is 0 Å². The maximum atomic E-state index is 11.3. The minimum Gasteiger partial charge on any atom is -0.303 e. The van der Waals surface area contributed by atoms with E-state index in [0.717, 1.165) is 32.5 Å². The molecule has 0 aliphatic carbocycles. The number of piperidine rings is 1. The number of sulfone groups is 1. The number of nitriles is 1. The second-order valence-electron chi connectivity index (χ2n) is 5.10. The Bertz CT molecular complexity index is 376. The van der Waals surface area contributed by atoms with E-state index in [1.54, 1.807) is 6.92 Å². The molecule has 0 aromatic heterocycles. The standard InChI is InChI=1S/C12H22N2O2S/c1-3-17(15,16)10-4-7-14-8-5-12(2,11-13)6-9-14/h3-10H2,1-2H3. The summed E-state index contributed by atoms with van der Waals surface area (Å²) in [4.78, 5) is 2.27. The van der Waals surface area contributed by atoms with Crippen LogP contribution in [0.3, 0.4) is 0 Å². The Morgan fingerprint density at radius 2 is 1.94 bits per heavy atom. The molecular formula is C12H22N2O2S. The van der Waals surface area contributed by atoms with Crippen molar-refractivity contribution < 1.29 is 8.42 Å². The van der Waals surface area contributed by atoms with Crippen molar-refractivity contribution in [2.24, 2.45) is 5.41 Å². The quantitative estimate of drug-likeness (QED) is 0.748. The van der Waals surface area contributed by atoms with Gasteiger partial charge in [-0.2, -0.15) is 5.26 Å². The summed E-state index contributed by atoms with van der Waals surface area (Å²) < 4.78 is 22.7. The second kappa shape index (κ2) is 5.83. The molecule has 0 aromatic rings. The van der Waals surface area contributed by atoms with Crippen molar-refractivity contribution in [3.63, 3.8) is 0 Å². The van der Waals surface area contributed by atoms with E-state index in [9.17, 15) is 8.42 Å². The molecule has 1 saturated heterocycles. The van der Waals surface area contributed by atoms with Gasteiger partial charge in [-0.15, -0.1) is 0 Å². The highest BCUT2D eigenvalue weighted by atomic mass is 32.2. The predicted molar refractivity (Wildman–Crippen MR) is 68.3 cm³/mol. The van der Waals surface area contributed by atoms with Crippen LogP contribution in [0.4, 0.5) is 0 Å². The highest BCUT2D eigenvalue weighted by Gasteiger charge is 2.29. The molecule has 1 rings (SSSR count). The number of rotatable bonds is 5. The molecule has 0 aromatic carbocycles. The first-order chi connectivity index (χ1) is 7.91. The Labute approximate surface area is 105 Å². The predicted octanol–water partition coefficient (Wildman–Crippen LogP) is 1.44. The van der Waals surface area contributed by atoms with Crippen LogP contribution in [0.1, 0.15) is 33.1 Å². The molecule has 17 heavy (non-hydrogen) atoms. The monoisotopic (exact) mass is 258 g/mol. The molecule has 0 radical (unpaired) electrons. The number of hydrogen-bond acceptors (Lipinski definition) is 4. The largest absolute Gasteiger partial charge is 0.303 e. The third kappa shape index (κ3) is 4.64. The van der Waals surface area contributed by atoms with Gasteiger partial charge in [0.2, 0.25) is 0 Å². The highest BCUT2D eigenvalue weighted by Crippen LogP contribution is 2.29. The van der Waals surface area contributed by atoms with Gasteiger partial charge in [-0.3, -0.25) is 0 Å². The molecule has 5 heteroatoms. The van der Waals surface area contributed by atoms with E-state index >= 15 is 0 Å². The summed E-state index contributed by atoms with van der Waals surface area (Å²) >= 11 is 0. The third-order valence-corrected chi connectivity index (χ3v) is 5.39. The van der Waals surface area contributed by atoms with Gasteiger partial charge in [-0.25, -0.2) is 8.42 Å². The van der Waals surface area contributed by atoms with Gasteiger partial charge in [0.25, 0.3) is 0 Å². The summed E-state index contributed by atoms with van der Waals surface area (Å²) in [5.41, 5.74) is -0.175. The van der Waals surface area contributed by atoms with Crippen molar-refractivity contribution in [2.45, 2.75) is 33.1 Å². The van der Waals surface area contributed by atoms with Crippen LogP contribution in [0.25, 0.3) is 0 Å². The first kappa shape index (κ1) is 14.5. The van der Waals surface area contributed by atoms with Crippen molar-refractivity contribution in [2.75, 3.05) is 31.1 Å². The fourth-order valence-electron chi connectivity index (χ4n) is 2.03. The minimum absolute atomic E-state index is 0.175. The lowest BCUT2D eigenvalue weighted by Crippen LogP contribution is -2.38. The van der Waals surface area contributed by atoms with Gasteiger partial charge in [0, 0.05) is 5.75 Å². The molecular weight excluding hydrogens is 236 g/mol. The Morgan fingerprint density at radius 1 is 1.35 bits per heavy atom. The highest BCUT2D eigenvalue weighted by molar-refractivity contribution is 7.91. The Balaban J connectivity index is 2.26. The van der Waals surface area contributed by atoms with Gasteiger partial charge < -0.3 is 4.90 Å². The van der Waals surface area contributed by atoms with Gasteiger partial charge in [0.1, 0.15) is 9.84 Å². The van der Waals surface area contributed by atoms with Crippen LogP contribution in [-0.4, -0.2) is 44.5 Å². The third-order valence-electron chi connectivity index (χ3n) is 3.60. The molecule has 0 unspecified atom stereocenters. The lowest BCUT2D eigenvalue weighted by molar-refractivity contribution is 0.157. The summed E-state index contributed by atoms with van der Waals surface area (Å²) in [6, 6.07) is 2.37. The fourth-order valence-corrected chi connectivity index (χ4v) is 2.89. The Morgan fingerprint density at radius 3 is 2.41 bits per heavy atom. The van der Waals surface area contributed by atoms with Crippen molar-refractivity contribution in [3.05, 3.63) is 0 Å². The van der Waals surface area contributed by atoms with E-state index in [4.69, 9.17) is 5.26 Å². The maximum Gasteiger partial charge on any atom is 0.150 e. The minimum atomic E-state index is -2.83. The summed E-state index contributed by atoms with van der Waals surface area (Å²) in [7, 11) is -2.83. The van der Waals surface area contributed by atoms with Crippen molar-refractivity contribution in [1.82, 2.24) is 4.90 Å². The van der Waals surface area contributed by atoms with Gasteiger partial charge >= 0.3 is 0 Å². The molecule has 4 nitrogen and oxygen atoms in total. The maximum absolute atomic E-state index is 11.3. The van der Waals surface area contributed by atoms with E-state index in [0.29, 0.717) is 6.42 Å². The molecule has 0 amide bonds. The lowest BCUT2D eigenvalue weighted by atomic mass is 9.82. The van der Waals surface area contributed by atoms with Gasteiger partial charge in [-0.1, -0.05) is 6.92 Å². The lowest BCUT2D eigenvalue weighted by Gasteiger charge is -2.34. The van der Waals surface area contributed by atoms with Crippen LogP contribution in [0.5, 0.6) is 0 Å². The molecule has 98 valence electrons. The molecule has 1 aliphatic heterocycles. The van der Waals surface area contributed by atoms with Gasteiger partial charge in [0.15, 0.2) is 0 Å².